The average molecular weight is 271 g/mol. The molecule has 0 saturated carbocycles. The van der Waals surface area contributed by atoms with E-state index in [0.29, 0.717) is 0 Å². The summed E-state index contributed by atoms with van der Waals surface area (Å²) in [4.78, 5) is 23.2. The topological polar surface area (TPSA) is 84.2 Å². The van der Waals surface area contributed by atoms with Crippen molar-refractivity contribution in [3.05, 3.63) is 0 Å². The van der Waals surface area contributed by atoms with Crippen LogP contribution in [-0.4, -0.2) is 29.9 Å². The third-order valence-corrected chi connectivity index (χ3v) is 2.28. The summed E-state index contributed by atoms with van der Waals surface area (Å²) in [5, 5.41) is 5.37. The van der Waals surface area contributed by atoms with Crippen LogP contribution in [0.4, 0.5) is 0 Å². The second kappa shape index (κ2) is 6.89. The third kappa shape index (κ3) is 11.7. The van der Waals surface area contributed by atoms with E-state index in [1.165, 1.54) is 0 Å². The molecule has 0 aliphatic heterocycles. The standard InChI is InChI=1S/C14H29N3O2/c1-13(2,3)8-10(15)7-11(18)16-9-12(19)17-14(4,5)6/h10H,7-9,15H2,1-6H3,(H,16,18)(H,17,19). The van der Waals surface area contributed by atoms with Gasteiger partial charge in [-0.25, -0.2) is 0 Å². The van der Waals surface area contributed by atoms with E-state index in [0.717, 1.165) is 6.42 Å². The number of carbonyl (C=O) groups excluding carboxylic acids is 2. The summed E-state index contributed by atoms with van der Waals surface area (Å²) in [6.45, 7) is 11.9. The summed E-state index contributed by atoms with van der Waals surface area (Å²) in [7, 11) is 0. The van der Waals surface area contributed by atoms with Crippen LogP contribution in [0.15, 0.2) is 0 Å². The molecule has 19 heavy (non-hydrogen) atoms. The van der Waals surface area contributed by atoms with Crippen LogP contribution < -0.4 is 16.4 Å². The fourth-order valence-corrected chi connectivity index (χ4v) is 1.81. The van der Waals surface area contributed by atoms with Crippen molar-refractivity contribution < 1.29 is 9.59 Å². The van der Waals surface area contributed by atoms with Crippen molar-refractivity contribution in [1.29, 1.82) is 0 Å². The number of hydrogen-bond donors (Lipinski definition) is 3. The normalized spacial score (nSPS) is 13.8. The molecule has 0 saturated heterocycles. The van der Waals surface area contributed by atoms with Crippen LogP contribution in [0, 0.1) is 5.41 Å². The Labute approximate surface area is 116 Å². The maximum absolute atomic E-state index is 11.6. The number of nitrogens with two attached hydrogens (primary N) is 1. The SMILES string of the molecule is CC(C)(C)CC(N)CC(=O)NCC(=O)NC(C)(C)C. The van der Waals surface area contributed by atoms with E-state index in [9.17, 15) is 9.59 Å². The highest BCUT2D eigenvalue weighted by Gasteiger charge is 2.19. The second-order valence-corrected chi connectivity index (χ2v) is 7.30. The number of carbonyl (C=O) groups is 2. The van der Waals surface area contributed by atoms with Gasteiger partial charge in [-0.15, -0.1) is 0 Å². The predicted octanol–water partition coefficient (Wildman–Crippen LogP) is 1.17. The molecule has 1 atom stereocenters. The maximum Gasteiger partial charge on any atom is 0.239 e. The summed E-state index contributed by atoms with van der Waals surface area (Å²) < 4.78 is 0. The van der Waals surface area contributed by atoms with Crippen molar-refractivity contribution in [2.75, 3.05) is 6.54 Å². The summed E-state index contributed by atoms with van der Waals surface area (Å²) in [6, 6.07) is -0.175. The molecule has 1 unspecified atom stereocenters. The van der Waals surface area contributed by atoms with Gasteiger partial charge >= 0.3 is 0 Å². The summed E-state index contributed by atoms with van der Waals surface area (Å²) in [5.74, 6) is -0.369. The van der Waals surface area contributed by atoms with Gasteiger partial charge in [0.1, 0.15) is 0 Å². The molecule has 0 aromatic carbocycles. The van der Waals surface area contributed by atoms with Gasteiger partial charge < -0.3 is 16.4 Å². The molecule has 0 rings (SSSR count). The van der Waals surface area contributed by atoms with Gasteiger partial charge in [-0.05, 0) is 32.6 Å². The number of hydrogen-bond acceptors (Lipinski definition) is 3. The Bertz CT molecular complexity index is 314. The lowest BCUT2D eigenvalue weighted by atomic mass is 9.87. The van der Waals surface area contributed by atoms with Gasteiger partial charge in [0.15, 0.2) is 0 Å². The highest BCUT2D eigenvalue weighted by Crippen LogP contribution is 2.20. The Morgan fingerprint density at radius 2 is 1.58 bits per heavy atom. The minimum Gasteiger partial charge on any atom is -0.350 e. The van der Waals surface area contributed by atoms with E-state index < -0.39 is 0 Å². The Morgan fingerprint density at radius 1 is 1.05 bits per heavy atom. The monoisotopic (exact) mass is 271 g/mol. The molecule has 0 heterocycles. The summed E-state index contributed by atoms with van der Waals surface area (Å²) in [6.07, 6.45) is 1.02. The van der Waals surface area contributed by atoms with Gasteiger partial charge in [-0.2, -0.15) is 0 Å². The molecule has 0 aromatic heterocycles. The van der Waals surface area contributed by atoms with Gasteiger partial charge in [0.05, 0.1) is 6.54 Å². The number of nitrogens with one attached hydrogen (secondary N) is 2. The molecule has 4 N–H and O–H groups in total. The molecule has 2 amide bonds. The Kier molecular flexibility index (Phi) is 6.49. The predicted molar refractivity (Wildman–Crippen MR) is 77.6 cm³/mol. The molecule has 5 nitrogen and oxygen atoms in total. The lowest BCUT2D eigenvalue weighted by Crippen LogP contribution is -2.46. The molecule has 112 valence electrons. The molecular weight excluding hydrogens is 242 g/mol. The quantitative estimate of drug-likeness (QED) is 0.702. The fraction of sp³-hybridized carbons (Fsp3) is 0.857. The van der Waals surface area contributed by atoms with Crippen LogP contribution in [0.2, 0.25) is 0 Å². The van der Waals surface area contributed by atoms with E-state index in [1.54, 1.807) is 0 Å². The Morgan fingerprint density at radius 3 is 2.00 bits per heavy atom. The first kappa shape index (κ1) is 17.9. The van der Waals surface area contributed by atoms with Crippen molar-refractivity contribution in [2.45, 2.75) is 66.0 Å². The van der Waals surface area contributed by atoms with Crippen molar-refractivity contribution in [1.82, 2.24) is 10.6 Å². The van der Waals surface area contributed by atoms with Gasteiger partial charge in [0.2, 0.25) is 11.8 Å². The van der Waals surface area contributed by atoms with E-state index in [-0.39, 0.29) is 41.8 Å². The van der Waals surface area contributed by atoms with Gasteiger partial charge in [-0.1, -0.05) is 20.8 Å². The summed E-state index contributed by atoms with van der Waals surface area (Å²) in [5.41, 5.74) is 5.72. The highest BCUT2D eigenvalue weighted by atomic mass is 16.2. The molecule has 0 aliphatic carbocycles. The lowest BCUT2D eigenvalue weighted by Gasteiger charge is -2.23. The van der Waals surface area contributed by atoms with Crippen molar-refractivity contribution in [3.8, 4) is 0 Å². The van der Waals surface area contributed by atoms with Crippen LogP contribution in [-0.2, 0) is 9.59 Å². The molecule has 5 heteroatoms. The van der Waals surface area contributed by atoms with Crippen LogP contribution in [0.25, 0.3) is 0 Å². The Hall–Kier alpha value is -1.10. The van der Waals surface area contributed by atoms with Gasteiger partial charge in [0.25, 0.3) is 0 Å². The highest BCUT2D eigenvalue weighted by molar-refractivity contribution is 5.85. The van der Waals surface area contributed by atoms with Gasteiger partial charge in [-0.3, -0.25) is 9.59 Å². The molecule has 0 fully saturated rings. The molecule has 0 radical (unpaired) electrons. The van der Waals surface area contributed by atoms with E-state index in [4.69, 9.17) is 5.73 Å². The zero-order valence-electron chi connectivity index (χ0n) is 13.1. The molecule has 0 bridgehead atoms. The lowest BCUT2D eigenvalue weighted by molar-refractivity contribution is -0.127. The zero-order valence-corrected chi connectivity index (χ0v) is 13.1. The average Bonchev–Trinajstić information content (AvgIpc) is 2.08. The van der Waals surface area contributed by atoms with E-state index in [1.807, 2.05) is 20.8 Å². The zero-order chi connectivity index (χ0) is 15.3. The minimum absolute atomic E-state index is 0.00165. The summed E-state index contributed by atoms with van der Waals surface area (Å²) >= 11 is 0. The molecular formula is C14H29N3O2. The molecule has 0 aliphatic rings. The van der Waals surface area contributed by atoms with E-state index >= 15 is 0 Å². The van der Waals surface area contributed by atoms with Crippen LogP contribution in [0.1, 0.15) is 54.4 Å². The minimum atomic E-state index is -0.287. The number of rotatable bonds is 5. The van der Waals surface area contributed by atoms with E-state index in [2.05, 4.69) is 31.4 Å². The van der Waals surface area contributed by atoms with Crippen LogP contribution in [0.3, 0.4) is 0 Å². The van der Waals surface area contributed by atoms with Gasteiger partial charge in [0, 0.05) is 18.0 Å². The van der Waals surface area contributed by atoms with Crippen molar-refractivity contribution in [2.24, 2.45) is 11.1 Å². The van der Waals surface area contributed by atoms with Crippen molar-refractivity contribution in [3.63, 3.8) is 0 Å². The Balaban J connectivity index is 3.97. The second-order valence-electron chi connectivity index (χ2n) is 7.30. The third-order valence-electron chi connectivity index (χ3n) is 2.28. The maximum atomic E-state index is 11.6. The van der Waals surface area contributed by atoms with Crippen LogP contribution >= 0.6 is 0 Å². The number of amides is 2. The molecule has 0 spiro atoms. The largest absolute Gasteiger partial charge is 0.350 e. The first-order chi connectivity index (χ1) is 8.39. The van der Waals surface area contributed by atoms with Crippen LogP contribution in [0.5, 0.6) is 0 Å². The first-order valence-electron chi connectivity index (χ1n) is 6.72. The fourth-order valence-electron chi connectivity index (χ4n) is 1.81. The molecule has 0 aromatic rings. The smallest absolute Gasteiger partial charge is 0.239 e. The van der Waals surface area contributed by atoms with Crippen molar-refractivity contribution >= 4 is 11.8 Å². The first-order valence-corrected chi connectivity index (χ1v) is 6.72.